The van der Waals surface area contributed by atoms with Crippen molar-refractivity contribution in [2.75, 3.05) is 0 Å². The van der Waals surface area contributed by atoms with Gasteiger partial charge in [-0.1, -0.05) is 18.2 Å². The monoisotopic (exact) mass is 194 g/mol. The fraction of sp³-hybridized carbons (Fsp3) is 0.231. The van der Waals surface area contributed by atoms with E-state index in [2.05, 4.69) is 11.1 Å². The highest BCUT2D eigenvalue weighted by molar-refractivity contribution is 5.86. The van der Waals surface area contributed by atoms with Gasteiger partial charge in [0.2, 0.25) is 0 Å². The number of nitrogens with zero attached hydrogens (tertiary/aromatic N) is 2. The Kier molecular flexibility index (Phi) is 1.72. The summed E-state index contributed by atoms with van der Waals surface area (Å²) >= 11 is 0. The van der Waals surface area contributed by atoms with Crippen LogP contribution >= 0.6 is 0 Å². The van der Waals surface area contributed by atoms with Crippen molar-refractivity contribution in [1.82, 2.24) is 4.98 Å². The lowest BCUT2D eigenvalue weighted by Crippen LogP contribution is -1.94. The Bertz CT molecular complexity index is 579. The molecule has 0 fully saturated rings. The molecular formula is C13H10N2. The van der Waals surface area contributed by atoms with Crippen LogP contribution in [0.25, 0.3) is 10.9 Å². The molecule has 0 radical (unpaired) electrons. The molecule has 2 aromatic rings. The summed E-state index contributed by atoms with van der Waals surface area (Å²) in [7, 11) is 0. The molecule has 0 N–H and O–H groups in total. The zero-order chi connectivity index (χ0) is 10.3. The van der Waals surface area contributed by atoms with Gasteiger partial charge in [0.25, 0.3) is 0 Å². The van der Waals surface area contributed by atoms with E-state index in [4.69, 9.17) is 0 Å². The van der Waals surface area contributed by atoms with E-state index in [1.807, 2.05) is 24.3 Å². The SMILES string of the molecule is N#Cc1c2c(nc3ccccc13)CCC2. The summed E-state index contributed by atoms with van der Waals surface area (Å²) in [5, 5.41) is 10.2. The predicted octanol–water partition coefficient (Wildman–Crippen LogP) is 2.60. The fourth-order valence-electron chi connectivity index (χ4n) is 2.34. The lowest BCUT2D eigenvalue weighted by Gasteiger charge is -2.05. The molecule has 0 bridgehead atoms. The van der Waals surface area contributed by atoms with Crippen LogP contribution in [0.2, 0.25) is 0 Å². The third kappa shape index (κ3) is 1.13. The number of rotatable bonds is 0. The molecule has 1 aliphatic rings. The van der Waals surface area contributed by atoms with Gasteiger partial charge in [-0.3, -0.25) is 4.98 Å². The van der Waals surface area contributed by atoms with E-state index in [0.29, 0.717) is 0 Å². The molecule has 3 rings (SSSR count). The normalized spacial score (nSPS) is 13.8. The molecule has 15 heavy (non-hydrogen) atoms. The van der Waals surface area contributed by atoms with E-state index in [9.17, 15) is 5.26 Å². The maximum atomic E-state index is 9.22. The van der Waals surface area contributed by atoms with E-state index < -0.39 is 0 Å². The topological polar surface area (TPSA) is 36.7 Å². The minimum absolute atomic E-state index is 0.841. The molecule has 1 aliphatic carbocycles. The average molecular weight is 194 g/mol. The van der Waals surface area contributed by atoms with Crippen molar-refractivity contribution in [3.63, 3.8) is 0 Å². The minimum atomic E-state index is 0.841. The zero-order valence-electron chi connectivity index (χ0n) is 8.33. The maximum absolute atomic E-state index is 9.22. The molecule has 72 valence electrons. The molecule has 0 aliphatic heterocycles. The van der Waals surface area contributed by atoms with E-state index >= 15 is 0 Å². The molecule has 0 saturated heterocycles. The Balaban J connectivity index is 2.47. The van der Waals surface area contributed by atoms with Crippen LogP contribution in [0.5, 0.6) is 0 Å². The highest BCUT2D eigenvalue weighted by Crippen LogP contribution is 2.28. The first-order valence-corrected chi connectivity index (χ1v) is 5.21. The molecule has 0 amide bonds. The molecule has 0 saturated carbocycles. The summed E-state index contributed by atoms with van der Waals surface area (Å²) in [6.07, 6.45) is 3.16. The first-order valence-electron chi connectivity index (χ1n) is 5.21. The largest absolute Gasteiger partial charge is 0.252 e. The second-order valence-corrected chi connectivity index (χ2v) is 3.89. The standard InChI is InChI=1S/C13H10N2/c14-8-11-9-4-1-2-6-12(9)15-13-7-3-5-10(11)13/h1-2,4,6H,3,5,7H2. The summed E-state index contributed by atoms with van der Waals surface area (Å²) in [6, 6.07) is 10.2. The molecule has 0 atom stereocenters. The predicted molar refractivity (Wildman–Crippen MR) is 58.5 cm³/mol. The molecule has 0 unspecified atom stereocenters. The Morgan fingerprint density at radius 1 is 1.20 bits per heavy atom. The Morgan fingerprint density at radius 2 is 2.07 bits per heavy atom. The van der Waals surface area contributed by atoms with Crippen LogP contribution in [0.1, 0.15) is 23.2 Å². The van der Waals surface area contributed by atoms with Gasteiger partial charge < -0.3 is 0 Å². The van der Waals surface area contributed by atoms with Crippen molar-refractivity contribution < 1.29 is 0 Å². The van der Waals surface area contributed by atoms with Gasteiger partial charge >= 0.3 is 0 Å². The van der Waals surface area contributed by atoms with Gasteiger partial charge in [0.1, 0.15) is 6.07 Å². The highest BCUT2D eigenvalue weighted by Gasteiger charge is 2.18. The fourth-order valence-corrected chi connectivity index (χ4v) is 2.34. The third-order valence-corrected chi connectivity index (χ3v) is 3.03. The van der Waals surface area contributed by atoms with Gasteiger partial charge in [0.15, 0.2) is 0 Å². The number of aryl methyl sites for hydroxylation is 1. The smallest absolute Gasteiger partial charge is 0.100 e. The van der Waals surface area contributed by atoms with Gasteiger partial charge in [0, 0.05) is 11.1 Å². The van der Waals surface area contributed by atoms with Crippen LogP contribution in [0, 0.1) is 11.3 Å². The van der Waals surface area contributed by atoms with E-state index in [1.54, 1.807) is 0 Å². The van der Waals surface area contributed by atoms with Gasteiger partial charge in [-0.25, -0.2) is 0 Å². The first-order chi connectivity index (χ1) is 7.40. The van der Waals surface area contributed by atoms with Crippen molar-refractivity contribution in [2.45, 2.75) is 19.3 Å². The molecule has 2 heteroatoms. The molecule has 0 spiro atoms. The molecule has 1 aromatic heterocycles. The number of benzene rings is 1. The van der Waals surface area contributed by atoms with Crippen LogP contribution in [-0.4, -0.2) is 4.98 Å². The van der Waals surface area contributed by atoms with E-state index in [1.165, 1.54) is 5.56 Å². The molecular weight excluding hydrogens is 184 g/mol. The number of hydrogen-bond donors (Lipinski definition) is 0. The third-order valence-electron chi connectivity index (χ3n) is 3.03. The number of pyridine rings is 1. The van der Waals surface area contributed by atoms with Crippen molar-refractivity contribution in [3.05, 3.63) is 41.1 Å². The maximum Gasteiger partial charge on any atom is 0.100 e. The molecule has 1 heterocycles. The lowest BCUT2D eigenvalue weighted by atomic mass is 10.0. The van der Waals surface area contributed by atoms with Gasteiger partial charge in [-0.2, -0.15) is 5.26 Å². The van der Waals surface area contributed by atoms with E-state index in [0.717, 1.165) is 41.4 Å². The van der Waals surface area contributed by atoms with Crippen LogP contribution < -0.4 is 0 Å². The lowest BCUT2D eigenvalue weighted by molar-refractivity contribution is 0.901. The summed E-state index contributed by atoms with van der Waals surface area (Å²) in [4.78, 5) is 4.61. The van der Waals surface area contributed by atoms with Crippen molar-refractivity contribution >= 4 is 10.9 Å². The summed E-state index contributed by atoms with van der Waals surface area (Å²) in [5.41, 5.74) is 4.10. The summed E-state index contributed by atoms with van der Waals surface area (Å²) in [5.74, 6) is 0. The number of para-hydroxylation sites is 1. The summed E-state index contributed by atoms with van der Waals surface area (Å²) < 4.78 is 0. The number of nitriles is 1. The highest BCUT2D eigenvalue weighted by atomic mass is 14.7. The van der Waals surface area contributed by atoms with Crippen LogP contribution in [-0.2, 0) is 12.8 Å². The van der Waals surface area contributed by atoms with E-state index in [-0.39, 0.29) is 0 Å². The Morgan fingerprint density at radius 3 is 2.93 bits per heavy atom. The summed E-state index contributed by atoms with van der Waals surface area (Å²) in [6.45, 7) is 0. The quantitative estimate of drug-likeness (QED) is 0.646. The Hall–Kier alpha value is -1.88. The second kappa shape index (κ2) is 3.06. The van der Waals surface area contributed by atoms with Crippen molar-refractivity contribution in [3.8, 4) is 6.07 Å². The van der Waals surface area contributed by atoms with Gasteiger partial charge in [-0.15, -0.1) is 0 Å². The van der Waals surface area contributed by atoms with Gasteiger partial charge in [-0.05, 0) is 30.9 Å². The Labute approximate surface area is 88.2 Å². The molecule has 1 aromatic carbocycles. The first kappa shape index (κ1) is 8.43. The number of aromatic nitrogens is 1. The number of hydrogen-bond acceptors (Lipinski definition) is 2. The van der Waals surface area contributed by atoms with Crippen molar-refractivity contribution in [2.24, 2.45) is 0 Å². The van der Waals surface area contributed by atoms with Crippen molar-refractivity contribution in [1.29, 1.82) is 5.26 Å². The zero-order valence-corrected chi connectivity index (χ0v) is 8.33. The van der Waals surface area contributed by atoms with Crippen LogP contribution in [0.4, 0.5) is 0 Å². The average Bonchev–Trinajstić information content (AvgIpc) is 2.73. The second-order valence-electron chi connectivity index (χ2n) is 3.89. The minimum Gasteiger partial charge on any atom is -0.252 e. The molecule has 2 nitrogen and oxygen atoms in total. The van der Waals surface area contributed by atoms with Crippen LogP contribution in [0.15, 0.2) is 24.3 Å². The van der Waals surface area contributed by atoms with Crippen LogP contribution in [0.3, 0.4) is 0 Å². The number of fused-ring (bicyclic) bond motifs is 2. The van der Waals surface area contributed by atoms with Gasteiger partial charge in [0.05, 0.1) is 11.1 Å².